The molecule has 4 rings (SSSR count). The lowest BCUT2D eigenvalue weighted by molar-refractivity contribution is -0.274. The number of hydrazine groups is 1. The first-order valence-corrected chi connectivity index (χ1v) is 14.0. The Hall–Kier alpha value is -4.41. The summed E-state index contributed by atoms with van der Waals surface area (Å²) in [4.78, 5) is 3.63. The fourth-order valence-corrected chi connectivity index (χ4v) is 5.22. The molecule has 0 aliphatic carbocycles. The van der Waals surface area contributed by atoms with Gasteiger partial charge in [0, 0.05) is 34.7 Å². The van der Waals surface area contributed by atoms with Crippen LogP contribution in [0.5, 0.6) is 5.75 Å². The molecule has 0 spiro atoms. The van der Waals surface area contributed by atoms with E-state index >= 15 is 0 Å². The standard InChI is InChI=1S/C28H24F7N5O3S/c1-15-38-26(27(30,31)32)13-39(15)23-8-3-16(17-10-22(29)21(14-41)25(11-17)44(2)42)9-20(23)24(12-36)40(37)18-4-6-19(7-5-18)43-28(33,34)35/h3-13,41H,14,36-37H2,1-2H3/b24-12-. The highest BCUT2D eigenvalue weighted by Gasteiger charge is 2.35. The van der Waals surface area contributed by atoms with Crippen molar-refractivity contribution in [2.24, 2.45) is 11.6 Å². The molecular formula is C28H24F7N5O3S. The molecule has 0 saturated heterocycles. The molecule has 4 aromatic rings. The van der Waals surface area contributed by atoms with Gasteiger partial charge in [-0.25, -0.2) is 15.2 Å². The second-order valence-electron chi connectivity index (χ2n) is 9.28. The number of aliphatic hydroxyl groups excluding tert-OH is 1. The van der Waals surface area contributed by atoms with Crippen LogP contribution >= 0.6 is 0 Å². The summed E-state index contributed by atoms with van der Waals surface area (Å²) in [6.45, 7) is 0.631. The second-order valence-corrected chi connectivity index (χ2v) is 10.6. The van der Waals surface area contributed by atoms with Gasteiger partial charge in [0.2, 0.25) is 0 Å². The van der Waals surface area contributed by atoms with Crippen LogP contribution < -0.4 is 21.3 Å². The zero-order valence-corrected chi connectivity index (χ0v) is 23.7. The van der Waals surface area contributed by atoms with Crippen LogP contribution in [0.3, 0.4) is 0 Å². The van der Waals surface area contributed by atoms with Crippen molar-refractivity contribution in [3.8, 4) is 22.6 Å². The quantitative estimate of drug-likeness (QED) is 0.127. The van der Waals surface area contributed by atoms with Gasteiger partial charge in [0.25, 0.3) is 0 Å². The number of alkyl halides is 6. The molecule has 0 aliphatic heterocycles. The van der Waals surface area contributed by atoms with E-state index in [9.17, 15) is 40.0 Å². The number of nitrogens with two attached hydrogens (primary N) is 2. The number of hydrogen-bond donors (Lipinski definition) is 3. The minimum atomic E-state index is -4.93. The average Bonchev–Trinajstić information content (AvgIpc) is 3.34. The van der Waals surface area contributed by atoms with Gasteiger partial charge in [-0.1, -0.05) is 6.07 Å². The molecule has 0 bridgehead atoms. The van der Waals surface area contributed by atoms with E-state index in [1.165, 1.54) is 49.6 Å². The summed E-state index contributed by atoms with van der Waals surface area (Å²) in [5.74, 6) is 4.91. The van der Waals surface area contributed by atoms with Crippen molar-refractivity contribution in [2.75, 3.05) is 11.3 Å². The molecule has 8 nitrogen and oxygen atoms in total. The Balaban J connectivity index is 1.91. The molecule has 16 heteroatoms. The summed E-state index contributed by atoms with van der Waals surface area (Å²) in [5, 5.41) is 10.6. The lowest BCUT2D eigenvalue weighted by atomic mass is 9.98. The summed E-state index contributed by atoms with van der Waals surface area (Å²) in [7, 11) is -1.69. The van der Waals surface area contributed by atoms with Gasteiger partial charge in [0.1, 0.15) is 17.4 Å². The number of halogens is 7. The van der Waals surface area contributed by atoms with Gasteiger partial charge in [0.05, 0.1) is 34.5 Å². The SMILES string of the molecule is Cc1nc(C(F)(F)F)cn1-c1ccc(-c2cc(F)c(CO)c(S(C)=O)c2)cc1/C(=C/N)N(N)c1ccc(OC(F)(F)F)cc1. The van der Waals surface area contributed by atoms with Crippen molar-refractivity contribution >= 4 is 22.2 Å². The maximum absolute atomic E-state index is 14.9. The molecule has 1 heterocycles. The number of aliphatic hydroxyl groups is 1. The van der Waals surface area contributed by atoms with E-state index in [-0.39, 0.29) is 44.5 Å². The Morgan fingerprint density at radius 3 is 2.25 bits per heavy atom. The zero-order chi connectivity index (χ0) is 32.6. The van der Waals surface area contributed by atoms with Crippen LogP contribution in [0.4, 0.5) is 36.4 Å². The molecule has 0 fully saturated rings. The van der Waals surface area contributed by atoms with Crippen LogP contribution in [0.15, 0.2) is 71.9 Å². The molecule has 5 N–H and O–H groups in total. The molecule has 1 atom stereocenters. The predicted octanol–water partition coefficient (Wildman–Crippen LogP) is 5.77. The second kappa shape index (κ2) is 12.3. The van der Waals surface area contributed by atoms with Crippen molar-refractivity contribution in [3.63, 3.8) is 0 Å². The van der Waals surface area contributed by atoms with E-state index in [1.807, 2.05) is 0 Å². The molecule has 0 aliphatic rings. The lowest BCUT2D eigenvalue weighted by Crippen LogP contribution is -2.30. The van der Waals surface area contributed by atoms with Crippen molar-refractivity contribution in [1.82, 2.24) is 9.55 Å². The Labute approximate surface area is 248 Å². The van der Waals surface area contributed by atoms with Gasteiger partial charge in [0.15, 0.2) is 5.69 Å². The van der Waals surface area contributed by atoms with Crippen molar-refractivity contribution in [2.45, 2.75) is 31.0 Å². The Kier molecular flexibility index (Phi) is 9.08. The third-order valence-electron chi connectivity index (χ3n) is 6.43. The summed E-state index contributed by atoms with van der Waals surface area (Å²) < 4.78 is 111. The molecule has 44 heavy (non-hydrogen) atoms. The fraction of sp³-hybridized carbons (Fsp3) is 0.179. The number of benzene rings is 3. The van der Waals surface area contributed by atoms with E-state index in [0.29, 0.717) is 5.56 Å². The number of ether oxygens (including phenoxy) is 1. The van der Waals surface area contributed by atoms with Crippen LogP contribution in [-0.4, -0.2) is 31.5 Å². The third kappa shape index (κ3) is 6.87. The lowest BCUT2D eigenvalue weighted by Gasteiger charge is -2.25. The van der Waals surface area contributed by atoms with Gasteiger partial charge in [-0.15, -0.1) is 13.2 Å². The monoisotopic (exact) mass is 643 g/mol. The Morgan fingerprint density at radius 2 is 1.73 bits per heavy atom. The van der Waals surface area contributed by atoms with Gasteiger partial charge < -0.3 is 20.1 Å². The largest absolute Gasteiger partial charge is 0.573 e. The first-order chi connectivity index (χ1) is 20.5. The summed E-state index contributed by atoms with van der Waals surface area (Å²) in [5.41, 5.74) is 5.45. The van der Waals surface area contributed by atoms with Crippen LogP contribution in [0.2, 0.25) is 0 Å². The van der Waals surface area contributed by atoms with E-state index in [1.54, 1.807) is 0 Å². The van der Waals surface area contributed by atoms with Gasteiger partial charge >= 0.3 is 12.5 Å². The zero-order valence-electron chi connectivity index (χ0n) is 22.9. The first kappa shape index (κ1) is 32.5. The molecule has 234 valence electrons. The Morgan fingerprint density at radius 1 is 1.07 bits per heavy atom. The maximum Gasteiger partial charge on any atom is 0.573 e. The minimum Gasteiger partial charge on any atom is -0.406 e. The first-order valence-electron chi connectivity index (χ1n) is 12.4. The smallest absolute Gasteiger partial charge is 0.406 e. The minimum absolute atomic E-state index is 0.0141. The number of nitrogens with zero attached hydrogens (tertiary/aromatic N) is 3. The number of aromatic nitrogens is 2. The van der Waals surface area contributed by atoms with E-state index in [2.05, 4.69) is 9.72 Å². The van der Waals surface area contributed by atoms with Gasteiger partial charge in [-0.05, 0) is 66.6 Å². The van der Waals surface area contributed by atoms with E-state index in [4.69, 9.17) is 11.6 Å². The molecule has 0 amide bonds. The summed E-state index contributed by atoms with van der Waals surface area (Å²) in [6, 6.07) is 11.2. The molecule has 1 unspecified atom stereocenters. The third-order valence-corrected chi connectivity index (χ3v) is 7.41. The topological polar surface area (TPSA) is 120 Å². The van der Waals surface area contributed by atoms with Crippen molar-refractivity contribution in [3.05, 3.63) is 95.5 Å². The highest BCUT2D eigenvalue weighted by Crippen LogP contribution is 2.36. The number of aryl methyl sites for hydroxylation is 1. The molecular weight excluding hydrogens is 619 g/mol. The van der Waals surface area contributed by atoms with Crippen LogP contribution in [0.25, 0.3) is 22.5 Å². The average molecular weight is 644 g/mol. The molecule has 0 saturated carbocycles. The summed E-state index contributed by atoms with van der Waals surface area (Å²) in [6.07, 6.45) is -6.60. The van der Waals surface area contributed by atoms with Crippen LogP contribution in [-0.2, 0) is 23.6 Å². The molecule has 0 radical (unpaired) electrons. The number of rotatable bonds is 8. The van der Waals surface area contributed by atoms with Gasteiger partial charge in [-0.3, -0.25) is 9.22 Å². The van der Waals surface area contributed by atoms with Crippen molar-refractivity contribution < 1.29 is 44.8 Å². The molecule has 3 aromatic carbocycles. The number of anilines is 1. The highest BCUT2D eigenvalue weighted by atomic mass is 32.2. The summed E-state index contributed by atoms with van der Waals surface area (Å²) >= 11 is 0. The number of hydrogen-bond acceptors (Lipinski definition) is 7. The fourth-order valence-electron chi connectivity index (χ4n) is 4.42. The Bertz CT molecular complexity index is 1740. The van der Waals surface area contributed by atoms with Crippen molar-refractivity contribution in [1.29, 1.82) is 0 Å². The van der Waals surface area contributed by atoms with Crippen LogP contribution in [0, 0.1) is 12.7 Å². The normalized spacial score (nSPS) is 13.2. The van der Waals surface area contributed by atoms with E-state index < -0.39 is 47.2 Å². The maximum atomic E-state index is 14.9. The van der Waals surface area contributed by atoms with E-state index in [0.717, 1.165) is 40.2 Å². The predicted molar refractivity (Wildman–Crippen MR) is 149 cm³/mol. The number of imidazole rings is 1. The van der Waals surface area contributed by atoms with Gasteiger partial charge in [-0.2, -0.15) is 13.2 Å². The van der Waals surface area contributed by atoms with Crippen LogP contribution in [0.1, 0.15) is 22.6 Å². The molecule has 1 aromatic heterocycles. The highest BCUT2D eigenvalue weighted by molar-refractivity contribution is 7.84.